The van der Waals surface area contributed by atoms with Crippen LogP contribution < -0.4 is 11.1 Å². The van der Waals surface area contributed by atoms with Gasteiger partial charge in [-0.1, -0.05) is 25.0 Å². The van der Waals surface area contributed by atoms with E-state index in [9.17, 15) is 9.18 Å². The molecule has 3 rings (SSSR count). The molecule has 1 aliphatic carbocycles. The van der Waals surface area contributed by atoms with Crippen molar-refractivity contribution in [2.45, 2.75) is 38.6 Å². The van der Waals surface area contributed by atoms with Crippen LogP contribution in [-0.2, 0) is 0 Å². The predicted octanol–water partition coefficient (Wildman–Crippen LogP) is 2.57. The van der Waals surface area contributed by atoms with Crippen LogP contribution in [0.2, 0.25) is 0 Å². The number of nitrogens with two attached hydrogens (primary N) is 1. The van der Waals surface area contributed by atoms with E-state index in [1.807, 2.05) is 0 Å². The number of nitrogens with one attached hydrogen (secondary N) is 1. The van der Waals surface area contributed by atoms with Crippen LogP contribution in [0.25, 0.3) is 5.69 Å². The molecule has 0 radical (unpaired) electrons. The van der Waals surface area contributed by atoms with Crippen LogP contribution in [0.5, 0.6) is 0 Å². The van der Waals surface area contributed by atoms with Gasteiger partial charge >= 0.3 is 0 Å². The summed E-state index contributed by atoms with van der Waals surface area (Å²) < 4.78 is 15.4. The predicted molar refractivity (Wildman–Crippen MR) is 90.5 cm³/mol. The van der Waals surface area contributed by atoms with Gasteiger partial charge < -0.3 is 11.1 Å². The Kier molecular flexibility index (Phi) is 4.94. The van der Waals surface area contributed by atoms with Gasteiger partial charge in [-0.05, 0) is 44.4 Å². The Morgan fingerprint density at radius 1 is 1.38 bits per heavy atom. The Bertz CT molecular complexity index is 728. The molecule has 0 aliphatic heterocycles. The molecule has 24 heavy (non-hydrogen) atoms. The van der Waals surface area contributed by atoms with Gasteiger partial charge in [-0.15, -0.1) is 0 Å². The maximum atomic E-state index is 14.0. The summed E-state index contributed by atoms with van der Waals surface area (Å²) in [4.78, 5) is 12.6. The van der Waals surface area contributed by atoms with E-state index < -0.39 is 0 Å². The monoisotopic (exact) mass is 330 g/mol. The Morgan fingerprint density at radius 2 is 2.12 bits per heavy atom. The number of carbonyl (C=O) groups is 1. The summed E-state index contributed by atoms with van der Waals surface area (Å²) in [6.45, 7) is 2.36. The lowest BCUT2D eigenvalue weighted by Crippen LogP contribution is -2.44. The number of para-hydroxylation sites is 1. The maximum absolute atomic E-state index is 14.0. The van der Waals surface area contributed by atoms with E-state index in [0.29, 0.717) is 29.4 Å². The van der Waals surface area contributed by atoms with Crippen molar-refractivity contribution in [3.8, 4) is 5.69 Å². The molecule has 6 heteroatoms. The third-order valence-electron chi connectivity index (χ3n) is 4.86. The third-order valence-corrected chi connectivity index (χ3v) is 4.86. The molecule has 1 aliphatic rings. The number of aromatic nitrogens is 2. The Balaban J connectivity index is 1.80. The van der Waals surface area contributed by atoms with E-state index in [1.54, 1.807) is 25.1 Å². The lowest BCUT2D eigenvalue weighted by Gasteiger charge is -2.31. The molecular weight excluding hydrogens is 307 g/mol. The number of benzene rings is 1. The summed E-state index contributed by atoms with van der Waals surface area (Å²) in [6.07, 6.45) is 5.77. The van der Waals surface area contributed by atoms with Gasteiger partial charge in [0.1, 0.15) is 11.5 Å². The van der Waals surface area contributed by atoms with Gasteiger partial charge in [0.2, 0.25) is 0 Å². The summed E-state index contributed by atoms with van der Waals surface area (Å²) in [6, 6.07) is 6.49. The molecule has 5 nitrogen and oxygen atoms in total. The molecule has 1 heterocycles. The summed E-state index contributed by atoms with van der Waals surface area (Å²) in [7, 11) is 0. The van der Waals surface area contributed by atoms with Crippen molar-refractivity contribution in [2.24, 2.45) is 11.7 Å². The molecule has 128 valence electrons. The van der Waals surface area contributed by atoms with Gasteiger partial charge in [0, 0.05) is 6.04 Å². The summed E-state index contributed by atoms with van der Waals surface area (Å²) in [5.74, 6) is -0.212. The molecule has 1 saturated carbocycles. The van der Waals surface area contributed by atoms with Gasteiger partial charge in [0.15, 0.2) is 0 Å². The third kappa shape index (κ3) is 3.19. The molecular formula is C18H23FN4O. The van der Waals surface area contributed by atoms with Crippen LogP contribution in [0.4, 0.5) is 4.39 Å². The smallest absolute Gasteiger partial charge is 0.254 e. The first-order valence-corrected chi connectivity index (χ1v) is 8.42. The first kappa shape index (κ1) is 16.6. The summed E-state index contributed by atoms with van der Waals surface area (Å²) in [5.41, 5.74) is 7.26. The number of rotatable bonds is 4. The van der Waals surface area contributed by atoms with Crippen molar-refractivity contribution >= 4 is 5.91 Å². The minimum Gasteiger partial charge on any atom is -0.349 e. The first-order valence-electron chi connectivity index (χ1n) is 8.42. The number of hydrogen-bond donors (Lipinski definition) is 2. The van der Waals surface area contributed by atoms with Crippen molar-refractivity contribution in [1.82, 2.24) is 15.1 Å². The second-order valence-electron chi connectivity index (χ2n) is 6.37. The summed E-state index contributed by atoms with van der Waals surface area (Å²) in [5, 5.41) is 7.28. The second-order valence-corrected chi connectivity index (χ2v) is 6.37. The second kappa shape index (κ2) is 7.13. The molecule has 0 spiro atoms. The zero-order valence-corrected chi connectivity index (χ0v) is 13.8. The largest absolute Gasteiger partial charge is 0.349 e. The van der Waals surface area contributed by atoms with Crippen LogP contribution in [0.15, 0.2) is 30.5 Å². The number of carbonyl (C=O) groups excluding carboxylic acids is 1. The van der Waals surface area contributed by atoms with Crippen LogP contribution in [0, 0.1) is 18.7 Å². The fourth-order valence-corrected chi connectivity index (χ4v) is 3.42. The number of halogens is 1. The highest BCUT2D eigenvalue weighted by atomic mass is 19.1. The van der Waals surface area contributed by atoms with Crippen LogP contribution >= 0.6 is 0 Å². The molecule has 1 aromatic heterocycles. The van der Waals surface area contributed by atoms with E-state index in [0.717, 1.165) is 19.3 Å². The normalized spacial score (nSPS) is 20.8. The lowest BCUT2D eigenvalue weighted by atomic mass is 9.84. The minimum absolute atomic E-state index is 0.104. The highest BCUT2D eigenvalue weighted by Crippen LogP contribution is 2.24. The molecule has 2 atom stereocenters. The van der Waals surface area contributed by atoms with Crippen molar-refractivity contribution in [1.29, 1.82) is 0 Å². The van der Waals surface area contributed by atoms with Gasteiger partial charge in [-0.2, -0.15) is 5.10 Å². The quantitative estimate of drug-likeness (QED) is 0.905. The fraction of sp³-hybridized carbons (Fsp3) is 0.444. The fourth-order valence-electron chi connectivity index (χ4n) is 3.42. The van der Waals surface area contributed by atoms with E-state index in [4.69, 9.17) is 5.73 Å². The number of amides is 1. The zero-order valence-electron chi connectivity index (χ0n) is 13.8. The minimum atomic E-state index is -0.369. The molecule has 1 fully saturated rings. The van der Waals surface area contributed by atoms with Gasteiger partial charge in [0.25, 0.3) is 5.91 Å². The van der Waals surface area contributed by atoms with Gasteiger partial charge in [0.05, 0.1) is 17.5 Å². The SMILES string of the molecule is Cc1c(C(=O)NC2CCCCC2CN)cnn1-c1ccccc1F. The van der Waals surface area contributed by atoms with E-state index in [2.05, 4.69) is 10.4 Å². The molecule has 2 unspecified atom stereocenters. The molecule has 0 bridgehead atoms. The standard InChI is InChI=1S/C18H23FN4O/c1-12-14(11-21-23(12)17-9-5-3-7-15(17)19)18(24)22-16-8-4-2-6-13(16)10-20/h3,5,7,9,11,13,16H,2,4,6,8,10,20H2,1H3,(H,22,24). The highest BCUT2D eigenvalue weighted by Gasteiger charge is 2.27. The van der Waals surface area contributed by atoms with Gasteiger partial charge in [-0.25, -0.2) is 9.07 Å². The topological polar surface area (TPSA) is 72.9 Å². The maximum Gasteiger partial charge on any atom is 0.254 e. The molecule has 2 aromatic rings. The molecule has 1 amide bonds. The number of hydrogen-bond acceptors (Lipinski definition) is 3. The zero-order chi connectivity index (χ0) is 17.1. The Labute approximate surface area is 141 Å². The van der Waals surface area contributed by atoms with E-state index >= 15 is 0 Å². The van der Waals surface area contributed by atoms with Crippen molar-refractivity contribution < 1.29 is 9.18 Å². The van der Waals surface area contributed by atoms with Crippen LogP contribution in [0.1, 0.15) is 41.7 Å². The van der Waals surface area contributed by atoms with Crippen LogP contribution in [-0.4, -0.2) is 28.3 Å². The summed E-state index contributed by atoms with van der Waals surface area (Å²) >= 11 is 0. The Morgan fingerprint density at radius 3 is 2.88 bits per heavy atom. The highest BCUT2D eigenvalue weighted by molar-refractivity contribution is 5.95. The first-order chi connectivity index (χ1) is 11.6. The average Bonchev–Trinajstić information content (AvgIpc) is 2.97. The van der Waals surface area contributed by atoms with E-state index in [1.165, 1.54) is 23.4 Å². The van der Waals surface area contributed by atoms with Crippen molar-refractivity contribution in [3.63, 3.8) is 0 Å². The molecule has 0 saturated heterocycles. The number of nitrogens with zero attached hydrogens (tertiary/aromatic N) is 2. The van der Waals surface area contributed by atoms with E-state index in [-0.39, 0.29) is 17.8 Å². The molecule has 3 N–H and O–H groups in total. The average molecular weight is 330 g/mol. The van der Waals surface area contributed by atoms with Crippen LogP contribution in [0.3, 0.4) is 0 Å². The van der Waals surface area contributed by atoms with Crippen molar-refractivity contribution in [3.05, 3.63) is 47.5 Å². The lowest BCUT2D eigenvalue weighted by molar-refractivity contribution is 0.0907. The Hall–Kier alpha value is -2.21. The van der Waals surface area contributed by atoms with Crippen molar-refractivity contribution in [2.75, 3.05) is 6.54 Å². The van der Waals surface area contributed by atoms with Gasteiger partial charge in [-0.3, -0.25) is 4.79 Å². The molecule has 1 aromatic carbocycles.